The molecule has 0 radical (unpaired) electrons. The molecule has 1 amide bonds. The molecule has 33 heavy (non-hydrogen) atoms. The van der Waals surface area contributed by atoms with E-state index in [0.29, 0.717) is 21.8 Å². The van der Waals surface area contributed by atoms with E-state index in [1.165, 1.54) is 17.3 Å². The van der Waals surface area contributed by atoms with E-state index in [9.17, 15) is 4.79 Å². The molecule has 0 aliphatic carbocycles. The SMILES string of the molecule is Cn1c(COc2ccccc2Cl)nnc1SCC(=O)Nc1ccccc1Cc1ccccc1. The highest BCUT2D eigenvalue weighted by Crippen LogP contribution is 2.25. The van der Waals surface area contributed by atoms with Gasteiger partial charge in [0.15, 0.2) is 11.0 Å². The van der Waals surface area contributed by atoms with Crippen LogP contribution in [0.3, 0.4) is 0 Å². The number of thioether (sulfide) groups is 1. The van der Waals surface area contributed by atoms with Crippen LogP contribution in [0, 0.1) is 0 Å². The Morgan fingerprint density at radius 3 is 2.55 bits per heavy atom. The third-order valence-electron chi connectivity index (χ3n) is 4.98. The van der Waals surface area contributed by atoms with E-state index in [1.54, 1.807) is 12.1 Å². The van der Waals surface area contributed by atoms with Crippen molar-refractivity contribution in [3.63, 3.8) is 0 Å². The summed E-state index contributed by atoms with van der Waals surface area (Å²) in [4.78, 5) is 12.6. The number of nitrogens with one attached hydrogen (secondary N) is 1. The summed E-state index contributed by atoms with van der Waals surface area (Å²) >= 11 is 7.45. The van der Waals surface area contributed by atoms with Gasteiger partial charge in [-0.3, -0.25) is 4.79 Å². The molecule has 0 fully saturated rings. The minimum absolute atomic E-state index is 0.0996. The number of carbonyl (C=O) groups excluding carboxylic acids is 1. The van der Waals surface area contributed by atoms with Gasteiger partial charge in [-0.15, -0.1) is 10.2 Å². The zero-order valence-electron chi connectivity index (χ0n) is 18.1. The van der Waals surface area contributed by atoms with Crippen LogP contribution in [0.4, 0.5) is 5.69 Å². The zero-order valence-corrected chi connectivity index (χ0v) is 19.6. The third kappa shape index (κ3) is 6.15. The van der Waals surface area contributed by atoms with E-state index in [1.807, 2.05) is 66.2 Å². The lowest BCUT2D eigenvalue weighted by Crippen LogP contribution is -2.16. The summed E-state index contributed by atoms with van der Waals surface area (Å²) in [6, 6.07) is 25.3. The Bertz CT molecular complexity index is 1230. The van der Waals surface area contributed by atoms with Gasteiger partial charge in [-0.1, -0.05) is 84.0 Å². The lowest BCUT2D eigenvalue weighted by atomic mass is 10.0. The number of nitrogens with zero attached hydrogens (tertiary/aromatic N) is 3. The Balaban J connectivity index is 1.33. The first-order valence-electron chi connectivity index (χ1n) is 10.4. The molecule has 1 N–H and O–H groups in total. The molecule has 0 atom stereocenters. The molecule has 6 nitrogen and oxygen atoms in total. The van der Waals surface area contributed by atoms with Gasteiger partial charge in [-0.05, 0) is 35.7 Å². The second kappa shape index (κ2) is 11.0. The monoisotopic (exact) mass is 478 g/mol. The molecule has 0 saturated carbocycles. The van der Waals surface area contributed by atoms with Crippen molar-refractivity contribution in [2.75, 3.05) is 11.1 Å². The van der Waals surface area contributed by atoms with Gasteiger partial charge in [-0.2, -0.15) is 0 Å². The Morgan fingerprint density at radius 2 is 1.73 bits per heavy atom. The number of amides is 1. The number of para-hydroxylation sites is 2. The van der Waals surface area contributed by atoms with Crippen molar-refractivity contribution in [2.24, 2.45) is 7.05 Å². The average molecular weight is 479 g/mol. The number of rotatable bonds is 9. The van der Waals surface area contributed by atoms with Crippen molar-refractivity contribution in [3.8, 4) is 5.75 Å². The molecule has 0 bridgehead atoms. The number of aromatic nitrogens is 3. The minimum atomic E-state index is -0.0996. The van der Waals surface area contributed by atoms with Gasteiger partial charge in [0.25, 0.3) is 0 Å². The van der Waals surface area contributed by atoms with E-state index in [4.69, 9.17) is 16.3 Å². The fraction of sp³-hybridized carbons (Fsp3) is 0.160. The molecular formula is C25H23ClN4O2S. The predicted molar refractivity (Wildman–Crippen MR) is 132 cm³/mol. The normalized spacial score (nSPS) is 10.7. The highest BCUT2D eigenvalue weighted by atomic mass is 35.5. The fourth-order valence-corrected chi connectivity index (χ4v) is 4.15. The molecule has 0 aliphatic rings. The summed E-state index contributed by atoms with van der Waals surface area (Å²) in [5.74, 6) is 1.35. The zero-order chi connectivity index (χ0) is 23.0. The lowest BCUT2D eigenvalue weighted by Gasteiger charge is -2.11. The number of hydrogen-bond donors (Lipinski definition) is 1. The maximum absolute atomic E-state index is 12.6. The molecular weight excluding hydrogens is 456 g/mol. The van der Waals surface area contributed by atoms with E-state index in [0.717, 1.165) is 17.7 Å². The van der Waals surface area contributed by atoms with Crippen LogP contribution in [-0.4, -0.2) is 26.4 Å². The van der Waals surface area contributed by atoms with Gasteiger partial charge in [0.05, 0.1) is 10.8 Å². The molecule has 0 spiro atoms. The Kier molecular flexibility index (Phi) is 7.65. The van der Waals surface area contributed by atoms with Gasteiger partial charge in [0.1, 0.15) is 12.4 Å². The first-order valence-corrected chi connectivity index (χ1v) is 11.8. The van der Waals surface area contributed by atoms with Crippen molar-refractivity contribution in [2.45, 2.75) is 18.2 Å². The van der Waals surface area contributed by atoms with E-state index in [-0.39, 0.29) is 18.3 Å². The molecule has 168 valence electrons. The second-order valence-electron chi connectivity index (χ2n) is 7.33. The van der Waals surface area contributed by atoms with Gasteiger partial charge in [-0.25, -0.2) is 0 Å². The average Bonchev–Trinajstić information content (AvgIpc) is 3.18. The Labute approximate surface area is 202 Å². The van der Waals surface area contributed by atoms with E-state index >= 15 is 0 Å². The highest BCUT2D eigenvalue weighted by molar-refractivity contribution is 7.99. The molecule has 0 unspecified atom stereocenters. The topological polar surface area (TPSA) is 69.0 Å². The van der Waals surface area contributed by atoms with Crippen LogP contribution in [0.2, 0.25) is 5.02 Å². The smallest absolute Gasteiger partial charge is 0.234 e. The maximum atomic E-state index is 12.6. The van der Waals surface area contributed by atoms with Crippen LogP contribution < -0.4 is 10.1 Å². The van der Waals surface area contributed by atoms with Gasteiger partial charge in [0.2, 0.25) is 5.91 Å². The van der Waals surface area contributed by atoms with E-state index < -0.39 is 0 Å². The quantitative estimate of drug-likeness (QED) is 0.327. The van der Waals surface area contributed by atoms with Crippen molar-refractivity contribution >= 4 is 35.0 Å². The molecule has 4 rings (SSSR count). The van der Waals surface area contributed by atoms with Crippen LogP contribution in [-0.2, 0) is 24.9 Å². The summed E-state index contributed by atoms with van der Waals surface area (Å²) in [6.45, 7) is 0.229. The molecule has 4 aromatic rings. The van der Waals surface area contributed by atoms with Crippen LogP contribution in [0.25, 0.3) is 0 Å². The number of hydrogen-bond acceptors (Lipinski definition) is 5. The first-order chi connectivity index (χ1) is 16.1. The van der Waals surface area contributed by atoms with Crippen molar-refractivity contribution in [1.29, 1.82) is 0 Å². The number of benzene rings is 3. The molecule has 1 aromatic heterocycles. The van der Waals surface area contributed by atoms with Crippen molar-refractivity contribution in [3.05, 3.63) is 101 Å². The van der Waals surface area contributed by atoms with Crippen molar-refractivity contribution in [1.82, 2.24) is 14.8 Å². The fourth-order valence-electron chi connectivity index (χ4n) is 3.23. The molecule has 0 saturated heterocycles. The lowest BCUT2D eigenvalue weighted by molar-refractivity contribution is -0.113. The third-order valence-corrected chi connectivity index (χ3v) is 6.31. The Morgan fingerprint density at radius 1 is 1.00 bits per heavy atom. The van der Waals surface area contributed by atoms with Crippen LogP contribution >= 0.6 is 23.4 Å². The summed E-state index contributed by atoms with van der Waals surface area (Å²) in [5.41, 5.74) is 3.08. The number of anilines is 1. The summed E-state index contributed by atoms with van der Waals surface area (Å²) < 4.78 is 7.56. The standard InChI is InChI=1S/C25H23ClN4O2S/c1-30-23(16-32-22-14-8-6-12-20(22)26)28-29-25(30)33-17-24(31)27-21-13-7-5-11-19(21)15-18-9-3-2-4-10-18/h2-14H,15-17H2,1H3,(H,27,31). The van der Waals surface area contributed by atoms with Crippen LogP contribution in [0.1, 0.15) is 17.0 Å². The second-order valence-corrected chi connectivity index (χ2v) is 8.68. The molecule has 1 heterocycles. The number of ether oxygens (including phenoxy) is 1. The minimum Gasteiger partial charge on any atom is -0.484 e. The number of halogens is 1. The van der Waals surface area contributed by atoms with Crippen molar-refractivity contribution < 1.29 is 9.53 Å². The molecule has 8 heteroatoms. The van der Waals surface area contributed by atoms with Gasteiger partial charge in [0, 0.05) is 12.7 Å². The molecule has 3 aromatic carbocycles. The summed E-state index contributed by atoms with van der Waals surface area (Å²) in [5, 5.41) is 12.6. The molecule has 0 aliphatic heterocycles. The number of carbonyl (C=O) groups is 1. The van der Waals surface area contributed by atoms with Crippen LogP contribution in [0.15, 0.2) is 84.0 Å². The first kappa shape index (κ1) is 22.9. The predicted octanol–water partition coefficient (Wildman–Crippen LogP) is 5.37. The summed E-state index contributed by atoms with van der Waals surface area (Å²) in [7, 11) is 1.85. The van der Waals surface area contributed by atoms with Crippen LogP contribution in [0.5, 0.6) is 5.75 Å². The van der Waals surface area contributed by atoms with Gasteiger partial charge >= 0.3 is 0 Å². The largest absolute Gasteiger partial charge is 0.484 e. The summed E-state index contributed by atoms with van der Waals surface area (Å²) in [6.07, 6.45) is 0.752. The highest BCUT2D eigenvalue weighted by Gasteiger charge is 2.14. The van der Waals surface area contributed by atoms with E-state index in [2.05, 4.69) is 27.6 Å². The maximum Gasteiger partial charge on any atom is 0.234 e. The Hall–Kier alpha value is -3.29. The van der Waals surface area contributed by atoms with Gasteiger partial charge < -0.3 is 14.6 Å².